The fourth-order valence-electron chi connectivity index (χ4n) is 2.70. The zero-order chi connectivity index (χ0) is 21.3. The smallest absolute Gasteiger partial charge is 0.265 e. The second kappa shape index (κ2) is 10.5. The number of nitrogens with one attached hydrogen (secondary N) is 2. The van der Waals surface area contributed by atoms with Gasteiger partial charge >= 0.3 is 0 Å². The second-order valence-electron chi connectivity index (χ2n) is 6.53. The lowest BCUT2D eigenvalue weighted by Crippen LogP contribution is -2.13. The van der Waals surface area contributed by atoms with Crippen molar-refractivity contribution in [3.05, 3.63) is 70.4 Å². The molecule has 0 radical (unpaired) electrons. The minimum absolute atomic E-state index is 0.157. The molecule has 0 saturated carbocycles. The lowest BCUT2D eigenvalue weighted by atomic mass is 10.1. The summed E-state index contributed by atoms with van der Waals surface area (Å²) in [7, 11) is 1.55. The molecule has 0 saturated heterocycles. The first-order valence-corrected chi connectivity index (χ1v) is 10.6. The highest BCUT2D eigenvalue weighted by atomic mass is 32.1. The van der Waals surface area contributed by atoms with E-state index in [0.29, 0.717) is 39.9 Å². The van der Waals surface area contributed by atoms with Crippen LogP contribution in [0.3, 0.4) is 0 Å². The molecule has 2 N–H and O–H groups in total. The Morgan fingerprint density at radius 2 is 1.63 bits per heavy atom. The third kappa shape index (κ3) is 5.61. The highest BCUT2D eigenvalue weighted by molar-refractivity contribution is 7.12. The summed E-state index contributed by atoms with van der Waals surface area (Å²) in [6.45, 7) is 2.70. The van der Waals surface area contributed by atoms with E-state index in [1.807, 2.05) is 11.4 Å². The number of amides is 2. The molecule has 0 unspecified atom stereocenters. The lowest BCUT2D eigenvalue weighted by Gasteiger charge is -2.12. The maximum absolute atomic E-state index is 12.6. The number of hydrogen-bond acceptors (Lipinski definition) is 5. The van der Waals surface area contributed by atoms with Crippen molar-refractivity contribution in [3.63, 3.8) is 0 Å². The quantitative estimate of drug-likeness (QED) is 0.449. The summed E-state index contributed by atoms with van der Waals surface area (Å²) in [6, 6.07) is 15.7. The molecule has 1 aromatic heterocycles. The third-order valence-corrected chi connectivity index (χ3v) is 5.20. The van der Waals surface area contributed by atoms with E-state index in [9.17, 15) is 9.59 Å². The molecule has 3 aromatic rings. The topological polar surface area (TPSA) is 76.7 Å². The molecule has 0 bridgehead atoms. The van der Waals surface area contributed by atoms with Crippen LogP contribution in [0.15, 0.2) is 60.0 Å². The molecule has 1 heterocycles. The number of ether oxygens (including phenoxy) is 2. The molecule has 0 aliphatic rings. The fourth-order valence-corrected chi connectivity index (χ4v) is 3.31. The number of methoxy groups -OCH3 is 1. The summed E-state index contributed by atoms with van der Waals surface area (Å²) in [5, 5.41) is 7.52. The Labute approximate surface area is 179 Å². The molecule has 7 heteroatoms. The monoisotopic (exact) mass is 424 g/mol. The van der Waals surface area contributed by atoms with Gasteiger partial charge in [-0.1, -0.05) is 19.4 Å². The number of unbranched alkanes of at least 4 members (excludes halogenated alkanes) is 1. The van der Waals surface area contributed by atoms with Crippen LogP contribution in [0.25, 0.3) is 0 Å². The van der Waals surface area contributed by atoms with Crippen molar-refractivity contribution in [2.24, 2.45) is 0 Å². The van der Waals surface area contributed by atoms with Gasteiger partial charge in [-0.3, -0.25) is 9.59 Å². The van der Waals surface area contributed by atoms with Crippen LogP contribution in [-0.4, -0.2) is 25.5 Å². The average molecular weight is 425 g/mol. The number of carbonyl (C=O) groups is 2. The molecule has 2 amide bonds. The van der Waals surface area contributed by atoms with E-state index in [0.717, 1.165) is 12.8 Å². The summed E-state index contributed by atoms with van der Waals surface area (Å²) in [5.74, 6) is 0.720. The minimum atomic E-state index is -0.260. The van der Waals surface area contributed by atoms with Crippen molar-refractivity contribution < 1.29 is 19.1 Å². The Bertz CT molecular complexity index is 985. The molecule has 0 spiro atoms. The minimum Gasteiger partial charge on any atom is -0.493 e. The summed E-state index contributed by atoms with van der Waals surface area (Å²) >= 11 is 1.38. The van der Waals surface area contributed by atoms with Crippen molar-refractivity contribution in [1.82, 2.24) is 0 Å². The van der Waals surface area contributed by atoms with Gasteiger partial charge in [-0.05, 0) is 60.3 Å². The van der Waals surface area contributed by atoms with E-state index < -0.39 is 0 Å². The standard InChI is InChI=1S/C23H24N2O4S/c1-3-4-13-29-19-12-7-16(15-20(19)28-2)22(26)24-17-8-10-18(11-9-17)25-23(27)21-6-5-14-30-21/h5-12,14-15H,3-4,13H2,1-2H3,(H,24,26)(H,25,27). The Morgan fingerprint density at radius 3 is 2.23 bits per heavy atom. The number of carbonyl (C=O) groups excluding carboxylic acids is 2. The maximum Gasteiger partial charge on any atom is 0.265 e. The highest BCUT2D eigenvalue weighted by Gasteiger charge is 2.12. The lowest BCUT2D eigenvalue weighted by molar-refractivity contribution is 0.102. The van der Waals surface area contributed by atoms with Crippen molar-refractivity contribution in [2.75, 3.05) is 24.4 Å². The zero-order valence-corrected chi connectivity index (χ0v) is 17.8. The normalized spacial score (nSPS) is 10.3. The number of anilines is 2. The average Bonchev–Trinajstić information content (AvgIpc) is 3.30. The molecule has 30 heavy (non-hydrogen) atoms. The van der Waals surface area contributed by atoms with Crippen LogP contribution < -0.4 is 20.1 Å². The summed E-state index contributed by atoms with van der Waals surface area (Å²) in [5.41, 5.74) is 1.74. The molecule has 6 nitrogen and oxygen atoms in total. The van der Waals surface area contributed by atoms with Crippen LogP contribution in [0.5, 0.6) is 11.5 Å². The van der Waals surface area contributed by atoms with Crippen LogP contribution in [0, 0.1) is 0 Å². The molecular weight excluding hydrogens is 400 g/mol. The zero-order valence-electron chi connectivity index (χ0n) is 16.9. The van der Waals surface area contributed by atoms with Gasteiger partial charge in [0, 0.05) is 16.9 Å². The van der Waals surface area contributed by atoms with Gasteiger partial charge in [0.2, 0.25) is 0 Å². The van der Waals surface area contributed by atoms with Crippen molar-refractivity contribution in [2.45, 2.75) is 19.8 Å². The summed E-state index contributed by atoms with van der Waals surface area (Å²) in [6.07, 6.45) is 1.99. The Hall–Kier alpha value is -3.32. The maximum atomic E-state index is 12.6. The van der Waals surface area contributed by atoms with Crippen LogP contribution in [0.2, 0.25) is 0 Å². The van der Waals surface area contributed by atoms with Crippen LogP contribution in [-0.2, 0) is 0 Å². The molecule has 0 aliphatic heterocycles. The second-order valence-corrected chi connectivity index (χ2v) is 7.48. The van der Waals surface area contributed by atoms with Gasteiger partial charge in [0.15, 0.2) is 11.5 Å². The van der Waals surface area contributed by atoms with Crippen molar-refractivity contribution in [1.29, 1.82) is 0 Å². The highest BCUT2D eigenvalue weighted by Crippen LogP contribution is 2.28. The van der Waals surface area contributed by atoms with Gasteiger partial charge in [0.1, 0.15) is 0 Å². The van der Waals surface area contributed by atoms with E-state index in [-0.39, 0.29) is 11.8 Å². The molecular formula is C23H24N2O4S. The number of hydrogen-bond donors (Lipinski definition) is 2. The van der Waals surface area contributed by atoms with Crippen LogP contribution in [0.4, 0.5) is 11.4 Å². The van der Waals surface area contributed by atoms with Gasteiger partial charge in [-0.15, -0.1) is 11.3 Å². The Balaban J connectivity index is 1.62. The molecule has 156 valence electrons. The van der Waals surface area contributed by atoms with Gasteiger partial charge < -0.3 is 20.1 Å². The van der Waals surface area contributed by atoms with Gasteiger partial charge in [-0.2, -0.15) is 0 Å². The first-order valence-electron chi connectivity index (χ1n) is 9.68. The molecule has 0 atom stereocenters. The van der Waals surface area contributed by atoms with Gasteiger partial charge in [0.05, 0.1) is 18.6 Å². The SMILES string of the molecule is CCCCOc1ccc(C(=O)Nc2ccc(NC(=O)c3cccs3)cc2)cc1OC. The first kappa shape index (κ1) is 21.4. The van der Waals surface area contributed by atoms with Crippen LogP contribution >= 0.6 is 11.3 Å². The van der Waals surface area contributed by atoms with Gasteiger partial charge in [-0.25, -0.2) is 0 Å². The molecule has 0 aliphatic carbocycles. The number of thiophene rings is 1. The van der Waals surface area contributed by atoms with E-state index in [1.165, 1.54) is 11.3 Å². The van der Waals surface area contributed by atoms with Crippen LogP contribution in [0.1, 0.15) is 39.8 Å². The van der Waals surface area contributed by atoms with Crippen molar-refractivity contribution in [3.8, 4) is 11.5 Å². The van der Waals surface area contributed by atoms with Gasteiger partial charge in [0.25, 0.3) is 11.8 Å². The Kier molecular flexibility index (Phi) is 7.45. The molecule has 0 fully saturated rings. The Morgan fingerprint density at radius 1 is 0.933 bits per heavy atom. The van der Waals surface area contributed by atoms with E-state index in [4.69, 9.17) is 9.47 Å². The van der Waals surface area contributed by atoms with E-state index in [2.05, 4.69) is 17.6 Å². The van der Waals surface area contributed by atoms with E-state index in [1.54, 1.807) is 55.6 Å². The van der Waals surface area contributed by atoms with E-state index >= 15 is 0 Å². The first-order chi connectivity index (χ1) is 14.6. The third-order valence-electron chi connectivity index (χ3n) is 4.33. The summed E-state index contributed by atoms with van der Waals surface area (Å²) in [4.78, 5) is 25.3. The fraction of sp³-hybridized carbons (Fsp3) is 0.217. The largest absolute Gasteiger partial charge is 0.493 e. The molecule has 2 aromatic carbocycles. The predicted molar refractivity (Wildman–Crippen MR) is 120 cm³/mol. The number of rotatable bonds is 9. The molecule has 3 rings (SSSR count). The van der Waals surface area contributed by atoms with Crippen molar-refractivity contribution >= 4 is 34.5 Å². The number of benzene rings is 2. The predicted octanol–water partition coefficient (Wildman–Crippen LogP) is 5.44. The summed E-state index contributed by atoms with van der Waals surface area (Å²) < 4.78 is 11.1.